The molecule has 0 N–H and O–H groups in total. The molecule has 62 heavy (non-hydrogen) atoms. The van der Waals surface area contributed by atoms with Gasteiger partial charge < -0.3 is 9.47 Å². The van der Waals surface area contributed by atoms with Gasteiger partial charge >= 0.3 is 0 Å². The van der Waals surface area contributed by atoms with Crippen molar-refractivity contribution in [2.45, 2.75) is 0 Å². The number of benzene rings is 10. The number of aromatic nitrogens is 1. The first-order valence-electron chi connectivity index (χ1n) is 21.3. The van der Waals surface area contributed by atoms with E-state index in [2.05, 4.69) is 264 Å². The van der Waals surface area contributed by atoms with Gasteiger partial charge in [0.25, 0.3) is 0 Å². The van der Waals surface area contributed by atoms with Gasteiger partial charge in [-0.05, 0) is 105 Å². The lowest BCUT2D eigenvalue weighted by Gasteiger charge is -2.26. The molecule has 11 aromatic rings. The SMILES string of the molecule is c1ccc(-c2ccc(N(c3ccc(-c4ccccc4)cc3)c3ccc(-c4ccccc4-n4c5cc(-c6ccccc6)ccc5c5ccc(-c6ccccc6)cc54)cc3)cc2)cc1. The average molecular weight is 791 g/mol. The number of hydrogen-bond donors (Lipinski definition) is 0. The minimum atomic E-state index is 1.09. The lowest BCUT2D eigenvalue weighted by atomic mass is 10.0. The third-order valence-corrected chi connectivity index (χ3v) is 12.0. The summed E-state index contributed by atoms with van der Waals surface area (Å²) in [7, 11) is 0. The molecule has 1 aromatic heterocycles. The Morgan fingerprint density at radius 1 is 0.242 bits per heavy atom. The summed E-state index contributed by atoms with van der Waals surface area (Å²) in [4.78, 5) is 2.35. The van der Waals surface area contributed by atoms with Crippen LogP contribution in [0.5, 0.6) is 0 Å². The number of para-hydroxylation sites is 1. The lowest BCUT2D eigenvalue weighted by molar-refractivity contribution is 1.18. The van der Waals surface area contributed by atoms with Crippen LogP contribution in [0.3, 0.4) is 0 Å². The molecular formula is C60H42N2. The Morgan fingerprint density at radius 2 is 0.548 bits per heavy atom. The average Bonchev–Trinajstić information content (AvgIpc) is 3.68. The van der Waals surface area contributed by atoms with Crippen molar-refractivity contribution in [3.63, 3.8) is 0 Å². The van der Waals surface area contributed by atoms with E-state index in [-0.39, 0.29) is 0 Å². The fourth-order valence-corrected chi connectivity index (χ4v) is 8.92. The molecule has 11 rings (SSSR count). The Balaban J connectivity index is 1.03. The fourth-order valence-electron chi connectivity index (χ4n) is 8.92. The molecule has 0 atom stereocenters. The third-order valence-electron chi connectivity index (χ3n) is 12.0. The maximum Gasteiger partial charge on any atom is 0.0547 e. The third kappa shape index (κ3) is 6.94. The number of hydrogen-bond acceptors (Lipinski definition) is 1. The molecule has 0 bridgehead atoms. The second kappa shape index (κ2) is 16.1. The highest BCUT2D eigenvalue weighted by atomic mass is 15.1. The van der Waals surface area contributed by atoms with Crippen LogP contribution in [0.15, 0.2) is 255 Å². The predicted octanol–water partition coefficient (Wildman–Crippen LogP) is 16.6. The quantitative estimate of drug-likeness (QED) is 0.141. The van der Waals surface area contributed by atoms with Crippen LogP contribution >= 0.6 is 0 Å². The number of nitrogens with zero attached hydrogens (tertiary/aromatic N) is 2. The zero-order chi connectivity index (χ0) is 41.2. The molecule has 0 aliphatic rings. The maximum atomic E-state index is 2.47. The van der Waals surface area contributed by atoms with Crippen molar-refractivity contribution in [1.82, 2.24) is 4.57 Å². The van der Waals surface area contributed by atoms with Gasteiger partial charge in [0.2, 0.25) is 0 Å². The summed E-state index contributed by atoms with van der Waals surface area (Å²) >= 11 is 0. The highest BCUT2D eigenvalue weighted by Gasteiger charge is 2.19. The smallest absolute Gasteiger partial charge is 0.0547 e. The second-order valence-electron chi connectivity index (χ2n) is 15.8. The molecule has 0 aliphatic carbocycles. The lowest BCUT2D eigenvalue weighted by Crippen LogP contribution is -2.09. The van der Waals surface area contributed by atoms with E-state index in [1.165, 1.54) is 71.9 Å². The van der Waals surface area contributed by atoms with Crippen LogP contribution in [0.25, 0.3) is 83.1 Å². The van der Waals surface area contributed by atoms with E-state index in [0.29, 0.717) is 0 Å². The molecule has 0 saturated carbocycles. The normalized spacial score (nSPS) is 11.2. The van der Waals surface area contributed by atoms with Crippen molar-refractivity contribution in [1.29, 1.82) is 0 Å². The number of anilines is 3. The van der Waals surface area contributed by atoms with E-state index in [1.807, 2.05) is 0 Å². The Hall–Kier alpha value is -8.20. The highest BCUT2D eigenvalue weighted by molar-refractivity contribution is 6.11. The van der Waals surface area contributed by atoms with E-state index >= 15 is 0 Å². The van der Waals surface area contributed by atoms with Gasteiger partial charge in [-0.25, -0.2) is 0 Å². The van der Waals surface area contributed by atoms with Gasteiger partial charge in [-0.2, -0.15) is 0 Å². The zero-order valence-electron chi connectivity index (χ0n) is 34.1. The monoisotopic (exact) mass is 790 g/mol. The summed E-state index contributed by atoms with van der Waals surface area (Å²) in [5.74, 6) is 0. The van der Waals surface area contributed by atoms with Gasteiger partial charge in [0.15, 0.2) is 0 Å². The molecule has 2 nitrogen and oxygen atoms in total. The molecule has 0 fully saturated rings. The molecule has 0 radical (unpaired) electrons. The second-order valence-corrected chi connectivity index (χ2v) is 15.8. The molecule has 0 spiro atoms. The Morgan fingerprint density at radius 3 is 0.952 bits per heavy atom. The van der Waals surface area contributed by atoms with Crippen molar-refractivity contribution in [2.24, 2.45) is 0 Å². The summed E-state index contributed by atoms with van der Waals surface area (Å²) < 4.78 is 2.47. The van der Waals surface area contributed by atoms with Crippen LogP contribution in [0.4, 0.5) is 17.1 Å². The van der Waals surface area contributed by atoms with Crippen molar-refractivity contribution in [3.05, 3.63) is 255 Å². The van der Waals surface area contributed by atoms with Crippen LogP contribution < -0.4 is 4.90 Å². The van der Waals surface area contributed by atoms with Crippen LogP contribution in [0.2, 0.25) is 0 Å². The predicted molar refractivity (Wildman–Crippen MR) is 263 cm³/mol. The fraction of sp³-hybridized carbons (Fsp3) is 0. The topological polar surface area (TPSA) is 8.17 Å². The first-order valence-corrected chi connectivity index (χ1v) is 21.3. The van der Waals surface area contributed by atoms with Crippen molar-refractivity contribution >= 4 is 38.9 Å². The van der Waals surface area contributed by atoms with Gasteiger partial charge in [0, 0.05) is 33.4 Å². The molecule has 0 amide bonds. The van der Waals surface area contributed by atoms with Crippen molar-refractivity contribution in [2.75, 3.05) is 4.90 Å². The van der Waals surface area contributed by atoms with E-state index in [0.717, 1.165) is 28.3 Å². The maximum absolute atomic E-state index is 2.47. The summed E-state index contributed by atoms with van der Waals surface area (Å²) in [5.41, 5.74) is 18.7. The molecular weight excluding hydrogens is 749 g/mol. The van der Waals surface area contributed by atoms with E-state index < -0.39 is 0 Å². The van der Waals surface area contributed by atoms with Gasteiger partial charge in [-0.3, -0.25) is 0 Å². The Bertz CT molecular complexity index is 3100. The van der Waals surface area contributed by atoms with Crippen molar-refractivity contribution < 1.29 is 0 Å². The van der Waals surface area contributed by atoms with Gasteiger partial charge in [0.05, 0.1) is 16.7 Å². The summed E-state index contributed by atoms with van der Waals surface area (Å²) in [6, 6.07) is 92.0. The van der Waals surface area contributed by atoms with Crippen LogP contribution in [-0.4, -0.2) is 4.57 Å². The van der Waals surface area contributed by atoms with Crippen LogP contribution in [0, 0.1) is 0 Å². The highest BCUT2D eigenvalue weighted by Crippen LogP contribution is 2.41. The van der Waals surface area contributed by atoms with Gasteiger partial charge in [0.1, 0.15) is 0 Å². The first-order chi connectivity index (χ1) is 30.7. The van der Waals surface area contributed by atoms with E-state index in [9.17, 15) is 0 Å². The van der Waals surface area contributed by atoms with Crippen molar-refractivity contribution in [3.8, 4) is 61.3 Å². The van der Waals surface area contributed by atoms with E-state index in [1.54, 1.807) is 0 Å². The number of rotatable bonds is 9. The Labute approximate surface area is 362 Å². The number of fused-ring (bicyclic) bond motifs is 3. The van der Waals surface area contributed by atoms with Gasteiger partial charge in [-0.15, -0.1) is 0 Å². The molecule has 10 aromatic carbocycles. The summed E-state index contributed by atoms with van der Waals surface area (Å²) in [6.07, 6.45) is 0. The molecule has 0 saturated heterocycles. The molecule has 1 heterocycles. The minimum absolute atomic E-state index is 1.09. The molecule has 292 valence electrons. The standard InChI is InChI=1S/C60H42N2/c1-5-15-43(16-6-1)47-25-33-52(34-26-47)61(53-35-27-48(28-36-53)44-17-7-2-8-18-44)54-37-29-49(30-38-54)55-23-13-14-24-58(55)62-59-41-50(45-19-9-3-10-20-45)31-39-56(59)57-40-32-51(42-60(57)62)46-21-11-4-12-22-46/h1-42H. The summed E-state index contributed by atoms with van der Waals surface area (Å²) in [5, 5.41) is 2.47. The molecule has 2 heteroatoms. The zero-order valence-corrected chi connectivity index (χ0v) is 34.1. The van der Waals surface area contributed by atoms with Gasteiger partial charge in [-0.1, -0.05) is 200 Å². The Kier molecular flexibility index (Phi) is 9.57. The molecule has 0 unspecified atom stereocenters. The van der Waals surface area contributed by atoms with Crippen LogP contribution in [0.1, 0.15) is 0 Å². The summed E-state index contributed by atoms with van der Waals surface area (Å²) in [6.45, 7) is 0. The first kappa shape index (κ1) is 36.8. The minimum Gasteiger partial charge on any atom is -0.311 e. The van der Waals surface area contributed by atoms with E-state index in [4.69, 9.17) is 0 Å². The van der Waals surface area contributed by atoms with Crippen LogP contribution in [-0.2, 0) is 0 Å². The largest absolute Gasteiger partial charge is 0.311 e. The molecule has 0 aliphatic heterocycles.